The summed E-state index contributed by atoms with van der Waals surface area (Å²) in [5.74, 6) is 0. The van der Waals surface area contributed by atoms with Crippen LogP contribution in [0.1, 0.15) is 0 Å². The molecule has 178 valence electrons. The maximum absolute atomic E-state index is 4.62. The van der Waals surface area contributed by atoms with Crippen LogP contribution >= 0.6 is 0 Å². The zero-order valence-electron chi connectivity index (χ0n) is 20.2. The molecule has 0 aliphatic heterocycles. The van der Waals surface area contributed by atoms with Gasteiger partial charge in [0, 0.05) is 47.7 Å². The maximum Gasteiger partial charge on any atom is 0.115 e. The Morgan fingerprint density at radius 2 is 0.895 bits per heavy atom. The van der Waals surface area contributed by atoms with Crippen LogP contribution in [0.4, 0.5) is 0 Å². The second-order valence-corrected chi connectivity index (χ2v) is 9.27. The van der Waals surface area contributed by atoms with Crippen LogP contribution < -0.4 is 0 Å². The fraction of sp³-hybridized carbons (Fsp3) is 0. The number of aromatic nitrogens is 6. The highest BCUT2D eigenvalue weighted by Crippen LogP contribution is 2.32. The summed E-state index contributed by atoms with van der Waals surface area (Å²) in [6.07, 6.45) is 9.19. The van der Waals surface area contributed by atoms with Crippen LogP contribution in [-0.2, 0) is 0 Å². The third kappa shape index (κ3) is 3.01. The molecule has 0 amide bonds. The molecular weight excluding hydrogens is 468 g/mol. The molecular formula is C32H20N6. The fourth-order valence-electron chi connectivity index (χ4n) is 5.49. The predicted molar refractivity (Wildman–Crippen MR) is 152 cm³/mol. The minimum absolute atomic E-state index is 0.916. The molecule has 0 fully saturated rings. The van der Waals surface area contributed by atoms with E-state index < -0.39 is 0 Å². The maximum atomic E-state index is 4.62. The quantitative estimate of drug-likeness (QED) is 0.265. The van der Waals surface area contributed by atoms with Crippen LogP contribution in [-0.4, -0.2) is 29.1 Å². The van der Waals surface area contributed by atoms with Crippen LogP contribution in [0.25, 0.3) is 66.5 Å². The molecule has 0 saturated carbocycles. The van der Waals surface area contributed by atoms with E-state index in [4.69, 9.17) is 0 Å². The van der Waals surface area contributed by atoms with Crippen molar-refractivity contribution in [2.24, 2.45) is 0 Å². The van der Waals surface area contributed by atoms with Crippen molar-refractivity contribution < 1.29 is 0 Å². The van der Waals surface area contributed by atoms with Crippen molar-refractivity contribution in [1.29, 1.82) is 0 Å². The van der Waals surface area contributed by atoms with Crippen molar-refractivity contribution in [3.05, 3.63) is 122 Å². The summed E-state index contributed by atoms with van der Waals surface area (Å²) in [7, 11) is 0. The van der Waals surface area contributed by atoms with E-state index in [2.05, 4.69) is 95.8 Å². The minimum Gasteiger partial charge on any atom is -0.308 e. The lowest BCUT2D eigenvalue weighted by Gasteiger charge is -2.11. The van der Waals surface area contributed by atoms with Crippen molar-refractivity contribution in [3.8, 4) is 22.5 Å². The molecule has 0 radical (unpaired) electrons. The molecule has 8 aromatic rings. The largest absolute Gasteiger partial charge is 0.308 e. The molecule has 0 aliphatic rings. The lowest BCUT2D eigenvalue weighted by molar-refractivity contribution is 1.17. The van der Waals surface area contributed by atoms with Gasteiger partial charge in [0.2, 0.25) is 0 Å². The van der Waals surface area contributed by atoms with Gasteiger partial charge in [-0.15, -0.1) is 0 Å². The second kappa shape index (κ2) is 8.08. The van der Waals surface area contributed by atoms with Crippen molar-refractivity contribution >= 4 is 44.0 Å². The number of fused-ring (bicyclic) bond motifs is 6. The highest BCUT2D eigenvalue weighted by atomic mass is 15.0. The SMILES string of the molecule is c1cnc2c3cnccc3n(-c3ccc(-c4ccc(-n5c6cccnc6c6ncccc65)cc4)cc3)c2c1. The molecule has 0 aliphatic carbocycles. The highest BCUT2D eigenvalue weighted by molar-refractivity contribution is 6.06. The van der Waals surface area contributed by atoms with Gasteiger partial charge in [-0.2, -0.15) is 0 Å². The van der Waals surface area contributed by atoms with Gasteiger partial charge >= 0.3 is 0 Å². The van der Waals surface area contributed by atoms with E-state index in [1.54, 1.807) is 0 Å². The van der Waals surface area contributed by atoms with Crippen molar-refractivity contribution in [3.63, 3.8) is 0 Å². The van der Waals surface area contributed by atoms with Crippen LogP contribution in [0.5, 0.6) is 0 Å². The first-order valence-corrected chi connectivity index (χ1v) is 12.5. The number of nitrogens with zero attached hydrogens (tertiary/aromatic N) is 6. The zero-order chi connectivity index (χ0) is 25.1. The Labute approximate surface area is 217 Å². The first-order chi connectivity index (χ1) is 18.9. The average Bonchev–Trinajstić information content (AvgIpc) is 3.51. The Morgan fingerprint density at radius 1 is 0.421 bits per heavy atom. The summed E-state index contributed by atoms with van der Waals surface area (Å²) >= 11 is 0. The molecule has 0 bridgehead atoms. The van der Waals surface area contributed by atoms with Gasteiger partial charge in [0.1, 0.15) is 11.0 Å². The topological polar surface area (TPSA) is 61.4 Å². The van der Waals surface area contributed by atoms with E-state index in [0.717, 1.165) is 66.5 Å². The van der Waals surface area contributed by atoms with Crippen LogP contribution in [0.15, 0.2) is 122 Å². The van der Waals surface area contributed by atoms with E-state index in [0.29, 0.717) is 0 Å². The van der Waals surface area contributed by atoms with E-state index >= 15 is 0 Å². The number of benzene rings is 2. The summed E-state index contributed by atoms with van der Waals surface area (Å²) in [6.45, 7) is 0. The van der Waals surface area contributed by atoms with Crippen molar-refractivity contribution in [1.82, 2.24) is 29.1 Å². The zero-order valence-corrected chi connectivity index (χ0v) is 20.2. The van der Waals surface area contributed by atoms with Crippen LogP contribution in [0.2, 0.25) is 0 Å². The van der Waals surface area contributed by atoms with Crippen LogP contribution in [0, 0.1) is 0 Å². The van der Waals surface area contributed by atoms with Crippen molar-refractivity contribution in [2.75, 3.05) is 0 Å². The van der Waals surface area contributed by atoms with Gasteiger partial charge in [0.25, 0.3) is 0 Å². The van der Waals surface area contributed by atoms with Gasteiger partial charge in [0.05, 0.1) is 27.6 Å². The third-order valence-corrected chi connectivity index (χ3v) is 7.18. The highest BCUT2D eigenvalue weighted by Gasteiger charge is 2.15. The number of rotatable bonds is 3. The Bertz CT molecular complexity index is 1860. The summed E-state index contributed by atoms with van der Waals surface area (Å²) in [5.41, 5.74) is 11.6. The van der Waals surface area contributed by atoms with E-state index in [1.165, 1.54) is 0 Å². The molecule has 6 heteroatoms. The normalized spacial score (nSPS) is 11.7. The number of pyridine rings is 4. The molecule has 0 atom stereocenters. The Hall–Kier alpha value is -5.36. The second-order valence-electron chi connectivity index (χ2n) is 9.27. The van der Waals surface area contributed by atoms with E-state index in [9.17, 15) is 0 Å². The molecule has 0 spiro atoms. The number of hydrogen-bond acceptors (Lipinski definition) is 4. The van der Waals surface area contributed by atoms with Gasteiger partial charge in [-0.1, -0.05) is 24.3 Å². The number of hydrogen-bond donors (Lipinski definition) is 0. The van der Waals surface area contributed by atoms with Gasteiger partial charge < -0.3 is 9.13 Å². The molecule has 6 nitrogen and oxygen atoms in total. The van der Waals surface area contributed by atoms with E-state index in [-0.39, 0.29) is 0 Å². The van der Waals surface area contributed by atoms with Crippen LogP contribution in [0.3, 0.4) is 0 Å². The Kier molecular flexibility index (Phi) is 4.42. The lowest BCUT2D eigenvalue weighted by Crippen LogP contribution is -1.95. The molecule has 8 rings (SSSR count). The Balaban J connectivity index is 1.20. The monoisotopic (exact) mass is 488 g/mol. The molecule has 6 aromatic heterocycles. The summed E-state index contributed by atoms with van der Waals surface area (Å²) in [5, 5.41) is 1.05. The van der Waals surface area contributed by atoms with Gasteiger partial charge in [0.15, 0.2) is 0 Å². The van der Waals surface area contributed by atoms with Crippen molar-refractivity contribution in [2.45, 2.75) is 0 Å². The van der Waals surface area contributed by atoms with Gasteiger partial charge in [-0.05, 0) is 77.9 Å². The lowest BCUT2D eigenvalue weighted by atomic mass is 10.0. The standard InChI is InChI=1S/C32H20N6/c1-4-27-30(34-16-1)25-20-33-19-15-26(25)37(27)23-11-7-21(8-12-23)22-9-13-24(14-10-22)38-28-5-2-17-35-31(28)32-29(38)6-3-18-36-32/h1-20H. The Morgan fingerprint density at radius 3 is 1.45 bits per heavy atom. The molecule has 38 heavy (non-hydrogen) atoms. The summed E-state index contributed by atoms with van der Waals surface area (Å²) in [6, 6.07) is 31.6. The molecule has 0 saturated heterocycles. The van der Waals surface area contributed by atoms with Gasteiger partial charge in [-0.3, -0.25) is 19.9 Å². The third-order valence-electron chi connectivity index (χ3n) is 7.18. The average molecular weight is 489 g/mol. The minimum atomic E-state index is 0.916. The van der Waals surface area contributed by atoms with Gasteiger partial charge in [-0.25, -0.2) is 0 Å². The first-order valence-electron chi connectivity index (χ1n) is 12.5. The molecule has 2 aromatic carbocycles. The van der Waals surface area contributed by atoms with E-state index in [1.807, 2.05) is 55.2 Å². The predicted octanol–water partition coefficient (Wildman–Crippen LogP) is 7.13. The first kappa shape index (κ1) is 20.8. The molecule has 6 heterocycles. The molecule has 0 N–H and O–H groups in total. The summed E-state index contributed by atoms with van der Waals surface area (Å²) in [4.78, 5) is 18.1. The molecule has 0 unspecified atom stereocenters. The smallest absolute Gasteiger partial charge is 0.115 e. The fourth-order valence-corrected chi connectivity index (χ4v) is 5.49. The summed E-state index contributed by atoms with van der Waals surface area (Å²) < 4.78 is 4.47.